The molecule has 2 rings (SSSR count). The fourth-order valence-electron chi connectivity index (χ4n) is 2.45. The van der Waals surface area contributed by atoms with E-state index in [1.807, 2.05) is 17.9 Å². The van der Waals surface area contributed by atoms with E-state index in [-0.39, 0.29) is 6.04 Å². The molecule has 0 saturated heterocycles. The summed E-state index contributed by atoms with van der Waals surface area (Å²) < 4.78 is 1.86. The van der Waals surface area contributed by atoms with Crippen LogP contribution >= 0.6 is 0 Å². The molecule has 1 atom stereocenters. The minimum atomic E-state index is 0.260. The molecule has 0 radical (unpaired) electrons. The fraction of sp³-hybridized carbons (Fsp3) is 0.500. The lowest BCUT2D eigenvalue weighted by Gasteiger charge is -2.19. The van der Waals surface area contributed by atoms with Gasteiger partial charge in [0, 0.05) is 7.05 Å². The average Bonchev–Trinajstić information content (AvgIpc) is 2.84. The minimum Gasteiger partial charge on any atom is -0.308 e. The number of nitrogens with one attached hydrogen (secondary N) is 1. The molecule has 0 bridgehead atoms. The third kappa shape index (κ3) is 3.45. The topological polar surface area (TPSA) is 42.7 Å². The predicted molar refractivity (Wildman–Crippen MR) is 81.7 cm³/mol. The molecular formula is C16H24N4. The summed E-state index contributed by atoms with van der Waals surface area (Å²) in [6.45, 7) is 7.50. The summed E-state index contributed by atoms with van der Waals surface area (Å²) in [6, 6.07) is 6.90. The van der Waals surface area contributed by atoms with Crippen LogP contribution in [0.4, 0.5) is 0 Å². The van der Waals surface area contributed by atoms with Crippen molar-refractivity contribution < 1.29 is 0 Å². The SMILES string of the molecule is CCCNC(Cc1cc(C)ccc1C)c1cnnn1C. The van der Waals surface area contributed by atoms with E-state index in [4.69, 9.17) is 0 Å². The molecule has 4 heteroatoms. The first-order valence-corrected chi connectivity index (χ1v) is 7.26. The highest BCUT2D eigenvalue weighted by molar-refractivity contribution is 5.31. The van der Waals surface area contributed by atoms with E-state index in [1.165, 1.54) is 16.7 Å². The first-order chi connectivity index (χ1) is 9.61. The van der Waals surface area contributed by atoms with Gasteiger partial charge in [-0.25, -0.2) is 0 Å². The third-order valence-corrected chi connectivity index (χ3v) is 3.68. The van der Waals surface area contributed by atoms with Crippen LogP contribution in [0.2, 0.25) is 0 Å². The van der Waals surface area contributed by atoms with Crippen LogP contribution in [0.3, 0.4) is 0 Å². The summed E-state index contributed by atoms with van der Waals surface area (Å²) in [5, 5.41) is 11.7. The number of aromatic nitrogens is 3. The van der Waals surface area contributed by atoms with Crippen molar-refractivity contribution in [3.05, 3.63) is 46.8 Å². The zero-order valence-corrected chi connectivity index (χ0v) is 12.8. The molecule has 1 N–H and O–H groups in total. The van der Waals surface area contributed by atoms with E-state index in [1.54, 1.807) is 0 Å². The Balaban J connectivity index is 2.23. The van der Waals surface area contributed by atoms with Crippen LogP contribution in [0.1, 0.15) is 41.8 Å². The van der Waals surface area contributed by atoms with Gasteiger partial charge in [-0.15, -0.1) is 5.10 Å². The number of hydrogen-bond donors (Lipinski definition) is 1. The Morgan fingerprint density at radius 3 is 2.75 bits per heavy atom. The van der Waals surface area contributed by atoms with Gasteiger partial charge >= 0.3 is 0 Å². The van der Waals surface area contributed by atoms with Gasteiger partial charge in [0.1, 0.15) is 0 Å². The Kier molecular flexibility index (Phi) is 4.90. The maximum Gasteiger partial charge on any atom is 0.0756 e. The summed E-state index contributed by atoms with van der Waals surface area (Å²) in [6.07, 6.45) is 3.95. The normalized spacial score (nSPS) is 12.6. The van der Waals surface area contributed by atoms with Gasteiger partial charge in [-0.2, -0.15) is 0 Å². The lowest BCUT2D eigenvalue weighted by atomic mass is 9.97. The maximum absolute atomic E-state index is 4.05. The van der Waals surface area contributed by atoms with Crippen LogP contribution in [0.15, 0.2) is 24.4 Å². The summed E-state index contributed by atoms with van der Waals surface area (Å²) in [4.78, 5) is 0. The molecule has 1 aromatic heterocycles. The molecule has 2 aromatic rings. The van der Waals surface area contributed by atoms with Crippen molar-refractivity contribution in [2.45, 2.75) is 39.7 Å². The lowest BCUT2D eigenvalue weighted by molar-refractivity contribution is 0.491. The van der Waals surface area contributed by atoms with Crippen molar-refractivity contribution in [1.29, 1.82) is 0 Å². The fourth-order valence-corrected chi connectivity index (χ4v) is 2.45. The Hall–Kier alpha value is -1.68. The molecule has 0 aliphatic heterocycles. The number of nitrogens with zero attached hydrogens (tertiary/aromatic N) is 3. The van der Waals surface area contributed by atoms with Gasteiger partial charge in [-0.1, -0.05) is 35.9 Å². The Morgan fingerprint density at radius 2 is 2.10 bits per heavy atom. The molecule has 1 unspecified atom stereocenters. The summed E-state index contributed by atoms with van der Waals surface area (Å²) in [5.41, 5.74) is 5.18. The monoisotopic (exact) mass is 272 g/mol. The maximum atomic E-state index is 4.05. The van der Waals surface area contributed by atoms with E-state index in [0.29, 0.717) is 0 Å². The van der Waals surface area contributed by atoms with Crippen molar-refractivity contribution in [2.24, 2.45) is 7.05 Å². The van der Waals surface area contributed by atoms with E-state index in [0.717, 1.165) is 25.1 Å². The van der Waals surface area contributed by atoms with Gasteiger partial charge in [-0.3, -0.25) is 4.68 Å². The lowest BCUT2D eigenvalue weighted by Crippen LogP contribution is -2.26. The van der Waals surface area contributed by atoms with E-state index >= 15 is 0 Å². The molecule has 0 fully saturated rings. The van der Waals surface area contributed by atoms with Gasteiger partial charge in [-0.05, 0) is 44.4 Å². The van der Waals surface area contributed by atoms with Crippen LogP contribution in [0.25, 0.3) is 0 Å². The second-order valence-corrected chi connectivity index (χ2v) is 5.42. The summed E-state index contributed by atoms with van der Waals surface area (Å²) in [7, 11) is 1.95. The largest absolute Gasteiger partial charge is 0.308 e. The molecule has 1 heterocycles. The molecule has 0 aliphatic carbocycles. The zero-order valence-electron chi connectivity index (χ0n) is 12.8. The highest BCUT2D eigenvalue weighted by atomic mass is 15.4. The Labute approximate surface area is 121 Å². The zero-order chi connectivity index (χ0) is 14.5. The number of hydrogen-bond acceptors (Lipinski definition) is 3. The van der Waals surface area contributed by atoms with Crippen LogP contribution < -0.4 is 5.32 Å². The van der Waals surface area contributed by atoms with Crippen molar-refractivity contribution in [1.82, 2.24) is 20.3 Å². The van der Waals surface area contributed by atoms with Crippen molar-refractivity contribution in [3.8, 4) is 0 Å². The van der Waals surface area contributed by atoms with Gasteiger partial charge in [0.15, 0.2) is 0 Å². The molecule has 4 nitrogen and oxygen atoms in total. The second-order valence-electron chi connectivity index (χ2n) is 5.42. The highest BCUT2D eigenvalue weighted by Gasteiger charge is 2.16. The Bertz CT molecular complexity index is 559. The number of aryl methyl sites for hydroxylation is 3. The van der Waals surface area contributed by atoms with Crippen LogP contribution in [0, 0.1) is 13.8 Å². The smallest absolute Gasteiger partial charge is 0.0756 e. The van der Waals surface area contributed by atoms with E-state index in [9.17, 15) is 0 Å². The van der Waals surface area contributed by atoms with E-state index < -0.39 is 0 Å². The minimum absolute atomic E-state index is 0.260. The van der Waals surface area contributed by atoms with Crippen molar-refractivity contribution in [3.63, 3.8) is 0 Å². The molecule has 108 valence electrons. The van der Waals surface area contributed by atoms with Crippen molar-refractivity contribution >= 4 is 0 Å². The average molecular weight is 272 g/mol. The molecule has 0 spiro atoms. The molecule has 0 amide bonds. The first kappa shape index (κ1) is 14.7. The number of benzene rings is 1. The van der Waals surface area contributed by atoms with Gasteiger partial charge < -0.3 is 5.32 Å². The van der Waals surface area contributed by atoms with Crippen LogP contribution in [-0.2, 0) is 13.5 Å². The van der Waals surface area contributed by atoms with Gasteiger partial charge in [0.05, 0.1) is 17.9 Å². The standard InChI is InChI=1S/C16H24N4/c1-5-8-17-15(16-11-18-19-20(16)4)10-14-9-12(2)6-7-13(14)3/h6-7,9,11,15,17H,5,8,10H2,1-4H3. The van der Waals surface area contributed by atoms with Gasteiger partial charge in [0.2, 0.25) is 0 Å². The second kappa shape index (κ2) is 6.66. The predicted octanol–water partition coefficient (Wildman–Crippen LogP) is 2.72. The van der Waals surface area contributed by atoms with E-state index in [2.05, 4.69) is 54.6 Å². The first-order valence-electron chi connectivity index (χ1n) is 7.26. The molecule has 1 aromatic carbocycles. The third-order valence-electron chi connectivity index (χ3n) is 3.68. The highest BCUT2D eigenvalue weighted by Crippen LogP contribution is 2.20. The molecule has 0 saturated carbocycles. The number of rotatable bonds is 6. The molecule has 20 heavy (non-hydrogen) atoms. The molecule has 0 aliphatic rings. The van der Waals surface area contributed by atoms with Crippen molar-refractivity contribution in [2.75, 3.05) is 6.54 Å². The van der Waals surface area contributed by atoms with Crippen LogP contribution in [-0.4, -0.2) is 21.5 Å². The summed E-state index contributed by atoms with van der Waals surface area (Å²) in [5.74, 6) is 0. The van der Waals surface area contributed by atoms with Crippen LogP contribution in [0.5, 0.6) is 0 Å². The van der Waals surface area contributed by atoms with Gasteiger partial charge in [0.25, 0.3) is 0 Å². The quantitative estimate of drug-likeness (QED) is 0.879. The summed E-state index contributed by atoms with van der Waals surface area (Å²) >= 11 is 0. The molecular weight excluding hydrogens is 248 g/mol. The Morgan fingerprint density at radius 1 is 1.30 bits per heavy atom.